The van der Waals surface area contributed by atoms with E-state index in [1.54, 1.807) is 4.90 Å². The van der Waals surface area contributed by atoms with Gasteiger partial charge in [-0.25, -0.2) is 4.79 Å². The van der Waals surface area contributed by atoms with Crippen LogP contribution in [-0.4, -0.2) is 65.2 Å². The molecule has 0 spiro atoms. The van der Waals surface area contributed by atoms with E-state index in [0.717, 1.165) is 19.0 Å². The number of hydrogen-bond donors (Lipinski definition) is 2. The highest BCUT2D eigenvalue weighted by Gasteiger charge is 2.36. The van der Waals surface area contributed by atoms with E-state index in [1.165, 1.54) is 25.7 Å². The molecule has 3 fully saturated rings. The number of carboxylic acid groups (broad SMARTS) is 1. The molecule has 3 rings (SSSR count). The number of piperidine rings is 2. The number of carboxylic acids is 1. The van der Waals surface area contributed by atoms with Crippen molar-refractivity contribution in [3.63, 3.8) is 0 Å². The van der Waals surface area contributed by atoms with Crippen LogP contribution in [0.2, 0.25) is 0 Å². The van der Waals surface area contributed by atoms with Gasteiger partial charge in [-0.15, -0.1) is 0 Å². The third-order valence-corrected chi connectivity index (χ3v) is 5.47. The number of carbonyl (C=O) groups is 2. The van der Waals surface area contributed by atoms with Crippen LogP contribution in [0.25, 0.3) is 0 Å². The summed E-state index contributed by atoms with van der Waals surface area (Å²) in [6, 6.07) is 1.10. The fourth-order valence-electron chi connectivity index (χ4n) is 4.14. The number of nitrogens with one attached hydrogen (secondary N) is 1. The molecule has 2 N–H and O–H groups in total. The zero-order valence-electron chi connectivity index (χ0n) is 14.0. The van der Waals surface area contributed by atoms with Gasteiger partial charge in [-0.05, 0) is 44.6 Å². The zero-order chi connectivity index (χ0) is 16.4. The molecule has 2 saturated heterocycles. The van der Waals surface area contributed by atoms with E-state index < -0.39 is 11.9 Å². The van der Waals surface area contributed by atoms with Crippen molar-refractivity contribution in [1.29, 1.82) is 0 Å². The maximum Gasteiger partial charge on any atom is 0.317 e. The number of amides is 2. The van der Waals surface area contributed by atoms with E-state index in [1.807, 2.05) is 6.92 Å². The molecule has 0 radical (unpaired) electrons. The summed E-state index contributed by atoms with van der Waals surface area (Å²) >= 11 is 0. The van der Waals surface area contributed by atoms with Crippen LogP contribution < -0.4 is 5.32 Å². The molecule has 0 bridgehead atoms. The van der Waals surface area contributed by atoms with Crippen molar-refractivity contribution in [2.24, 2.45) is 11.8 Å². The Morgan fingerprint density at radius 3 is 2.65 bits per heavy atom. The van der Waals surface area contributed by atoms with E-state index in [0.29, 0.717) is 32.1 Å². The summed E-state index contributed by atoms with van der Waals surface area (Å²) in [5.74, 6) is -0.975. The molecule has 6 nitrogen and oxygen atoms in total. The molecule has 3 unspecified atom stereocenters. The summed E-state index contributed by atoms with van der Waals surface area (Å²) in [6.07, 6.45) is 6.93. The van der Waals surface area contributed by atoms with Crippen molar-refractivity contribution in [1.82, 2.24) is 15.1 Å². The molecule has 3 aliphatic rings. The van der Waals surface area contributed by atoms with E-state index in [4.69, 9.17) is 0 Å². The molecule has 23 heavy (non-hydrogen) atoms. The van der Waals surface area contributed by atoms with Crippen LogP contribution in [0.1, 0.15) is 45.4 Å². The van der Waals surface area contributed by atoms with Gasteiger partial charge in [0.2, 0.25) is 0 Å². The number of nitrogens with zero attached hydrogens (tertiary/aromatic N) is 2. The molecule has 3 atom stereocenters. The van der Waals surface area contributed by atoms with Gasteiger partial charge in [0.15, 0.2) is 0 Å². The Labute approximate surface area is 138 Å². The molecular weight excluding hydrogens is 294 g/mol. The van der Waals surface area contributed by atoms with Gasteiger partial charge in [-0.1, -0.05) is 13.3 Å². The number of urea groups is 1. The molecule has 6 heteroatoms. The van der Waals surface area contributed by atoms with Gasteiger partial charge < -0.3 is 15.3 Å². The zero-order valence-corrected chi connectivity index (χ0v) is 14.0. The summed E-state index contributed by atoms with van der Waals surface area (Å²) in [7, 11) is 0. The largest absolute Gasteiger partial charge is 0.481 e. The second-order valence-electron chi connectivity index (χ2n) is 7.59. The smallest absolute Gasteiger partial charge is 0.317 e. The summed E-state index contributed by atoms with van der Waals surface area (Å²) in [6.45, 7) is 4.87. The van der Waals surface area contributed by atoms with E-state index in [-0.39, 0.29) is 11.9 Å². The summed E-state index contributed by atoms with van der Waals surface area (Å²) in [5, 5.41) is 12.3. The minimum Gasteiger partial charge on any atom is -0.481 e. The molecule has 2 aliphatic heterocycles. The van der Waals surface area contributed by atoms with Gasteiger partial charge in [-0.3, -0.25) is 9.69 Å². The molecule has 2 heterocycles. The lowest BCUT2D eigenvalue weighted by molar-refractivity contribution is -0.143. The van der Waals surface area contributed by atoms with Crippen molar-refractivity contribution in [2.45, 2.75) is 57.5 Å². The monoisotopic (exact) mass is 323 g/mol. The predicted octanol–water partition coefficient (Wildman–Crippen LogP) is 1.76. The lowest BCUT2D eigenvalue weighted by atomic mass is 9.91. The molecule has 1 saturated carbocycles. The van der Waals surface area contributed by atoms with Crippen molar-refractivity contribution in [3.05, 3.63) is 0 Å². The Morgan fingerprint density at radius 2 is 1.96 bits per heavy atom. The molecule has 130 valence electrons. The normalized spacial score (nSPS) is 32.6. The Hall–Kier alpha value is -1.30. The second-order valence-corrected chi connectivity index (χ2v) is 7.59. The van der Waals surface area contributed by atoms with Crippen LogP contribution in [0.15, 0.2) is 0 Å². The van der Waals surface area contributed by atoms with Gasteiger partial charge in [0, 0.05) is 31.7 Å². The number of aliphatic carboxylic acids is 1. The van der Waals surface area contributed by atoms with Gasteiger partial charge in [-0.2, -0.15) is 0 Å². The molecule has 0 aromatic rings. The Morgan fingerprint density at radius 1 is 1.17 bits per heavy atom. The summed E-state index contributed by atoms with van der Waals surface area (Å²) in [4.78, 5) is 27.9. The lowest BCUT2D eigenvalue weighted by Gasteiger charge is -2.38. The molecule has 2 amide bonds. The standard InChI is InChI=1S/C17H29N3O3/c1-12-8-13(16(21)22)11-19(10-12)17(23)18-9-15-4-2-3-7-20(15)14-5-6-14/h12-15H,2-11H2,1H3,(H,18,23)(H,21,22). The minimum atomic E-state index is -0.790. The third-order valence-electron chi connectivity index (χ3n) is 5.47. The van der Waals surface area contributed by atoms with Crippen LogP contribution >= 0.6 is 0 Å². The molecule has 0 aromatic carbocycles. The molecule has 0 aromatic heterocycles. The average Bonchev–Trinajstić information content (AvgIpc) is 3.37. The number of rotatable bonds is 4. The SMILES string of the molecule is CC1CC(C(=O)O)CN(C(=O)NCC2CCCCN2C2CC2)C1. The average molecular weight is 323 g/mol. The van der Waals surface area contributed by atoms with Gasteiger partial charge in [0.05, 0.1) is 5.92 Å². The second kappa shape index (κ2) is 7.07. The maximum atomic E-state index is 12.4. The Bertz CT molecular complexity index is 452. The van der Waals surface area contributed by atoms with Crippen molar-refractivity contribution < 1.29 is 14.7 Å². The summed E-state index contributed by atoms with van der Waals surface area (Å²) in [5.41, 5.74) is 0. The van der Waals surface area contributed by atoms with Crippen LogP contribution in [0.4, 0.5) is 4.79 Å². The molecule has 1 aliphatic carbocycles. The quantitative estimate of drug-likeness (QED) is 0.827. The van der Waals surface area contributed by atoms with Crippen molar-refractivity contribution >= 4 is 12.0 Å². The highest BCUT2D eigenvalue weighted by molar-refractivity contribution is 5.76. The Kier molecular flexibility index (Phi) is 5.09. The number of likely N-dealkylation sites (tertiary alicyclic amines) is 2. The van der Waals surface area contributed by atoms with E-state index in [9.17, 15) is 14.7 Å². The predicted molar refractivity (Wildman–Crippen MR) is 87.2 cm³/mol. The van der Waals surface area contributed by atoms with Crippen LogP contribution in [0.5, 0.6) is 0 Å². The van der Waals surface area contributed by atoms with Crippen molar-refractivity contribution in [2.75, 3.05) is 26.2 Å². The van der Waals surface area contributed by atoms with Gasteiger partial charge >= 0.3 is 12.0 Å². The maximum absolute atomic E-state index is 12.4. The van der Waals surface area contributed by atoms with Gasteiger partial charge in [0.25, 0.3) is 0 Å². The highest BCUT2D eigenvalue weighted by atomic mass is 16.4. The first-order valence-corrected chi connectivity index (χ1v) is 9.06. The van der Waals surface area contributed by atoms with Crippen LogP contribution in [-0.2, 0) is 4.79 Å². The number of carbonyl (C=O) groups excluding carboxylic acids is 1. The number of hydrogen-bond acceptors (Lipinski definition) is 3. The van der Waals surface area contributed by atoms with Crippen LogP contribution in [0.3, 0.4) is 0 Å². The fourth-order valence-corrected chi connectivity index (χ4v) is 4.14. The summed E-state index contributed by atoms with van der Waals surface area (Å²) < 4.78 is 0. The van der Waals surface area contributed by atoms with E-state index in [2.05, 4.69) is 10.2 Å². The fraction of sp³-hybridized carbons (Fsp3) is 0.882. The first kappa shape index (κ1) is 16.6. The van der Waals surface area contributed by atoms with E-state index >= 15 is 0 Å². The Balaban J connectivity index is 1.50. The van der Waals surface area contributed by atoms with Crippen LogP contribution in [0, 0.1) is 11.8 Å². The van der Waals surface area contributed by atoms with Crippen molar-refractivity contribution in [3.8, 4) is 0 Å². The first-order chi connectivity index (χ1) is 11.0. The lowest BCUT2D eigenvalue weighted by Crippen LogP contribution is -2.53. The minimum absolute atomic E-state index is 0.0934. The third kappa shape index (κ3) is 4.16. The topological polar surface area (TPSA) is 72.9 Å². The highest BCUT2D eigenvalue weighted by Crippen LogP contribution is 2.32. The molecular formula is C17H29N3O3. The van der Waals surface area contributed by atoms with Gasteiger partial charge in [0.1, 0.15) is 0 Å². The first-order valence-electron chi connectivity index (χ1n) is 9.06.